The molecule has 0 aromatic heterocycles. The molecule has 0 unspecified atom stereocenters. The summed E-state index contributed by atoms with van der Waals surface area (Å²) in [6.07, 6.45) is -92.0. The van der Waals surface area contributed by atoms with E-state index in [4.69, 9.17) is 95.6 Å². The largest absolute Gasteiger partial charge is 0.396 e. The summed E-state index contributed by atoms with van der Waals surface area (Å²) in [4.78, 5) is 0. The fraction of sp³-hybridized carbons (Fsp3) is 1.00. The van der Waals surface area contributed by atoms with Crippen molar-refractivity contribution < 1.29 is 262 Å². The first-order chi connectivity index (χ1) is 62.6. The fourth-order valence-electron chi connectivity index (χ4n) is 14.7. The van der Waals surface area contributed by atoms with Gasteiger partial charge in [0, 0.05) is 46.2 Å². The summed E-state index contributed by atoms with van der Waals surface area (Å²) < 4.78 is 311. The molecule has 0 aliphatic carbocycles. The molecule has 0 spiro atoms. The van der Waals surface area contributed by atoms with Crippen molar-refractivity contribution in [2.45, 2.75) is 305 Å². The molecule has 56 nitrogen and oxygen atoms in total. The van der Waals surface area contributed by atoms with Crippen molar-refractivity contribution in [3.63, 3.8) is 0 Å². The van der Waals surface area contributed by atoms with E-state index in [1.165, 1.54) is 0 Å². The Balaban J connectivity index is 1.30. The predicted molar refractivity (Wildman–Crippen MR) is 431 cm³/mol. The molecule has 14 bridgehead atoms. The summed E-state index contributed by atoms with van der Waals surface area (Å²) in [5.41, 5.74) is 0. The smallest absolute Gasteiger partial charge is 0.267 e. The molecule has 63 heteroatoms. The molecule has 0 aromatic rings. The summed E-state index contributed by atoms with van der Waals surface area (Å²) in [7, 11) is -33.7. The van der Waals surface area contributed by atoms with Crippen molar-refractivity contribution in [3.8, 4) is 0 Å². The Labute approximate surface area is 766 Å². The van der Waals surface area contributed by atoms with Crippen LogP contribution >= 0.6 is 0 Å². The summed E-state index contributed by atoms with van der Waals surface area (Å²) in [6, 6.07) is 0. The van der Waals surface area contributed by atoms with Gasteiger partial charge in [-0.15, -0.1) is 0 Å². The third-order valence-electron chi connectivity index (χ3n) is 22.0. The monoisotopic (exact) mass is 2090 g/mol. The molecule has 21 heterocycles. The molecule has 0 radical (unpaired) electrons. The number of aliphatic hydroxyl groups is 21. The van der Waals surface area contributed by atoms with Crippen LogP contribution in [0.1, 0.15) is 89.9 Å². The van der Waals surface area contributed by atoms with E-state index < -0.39 is 419 Å². The van der Waals surface area contributed by atoms with E-state index in [1.54, 1.807) is 0 Å². The number of ether oxygens (including phenoxy) is 14. The summed E-state index contributed by atoms with van der Waals surface area (Å²) in [6.45, 7) is -13.4. The minimum absolute atomic E-state index is 0.134. The Kier molecular flexibility index (Phi) is 46.8. The van der Waals surface area contributed by atoms with E-state index in [0.29, 0.717) is 0 Å². The van der Waals surface area contributed by atoms with Gasteiger partial charge in [0.1, 0.15) is 171 Å². The highest BCUT2D eigenvalue weighted by Crippen LogP contribution is 2.41. The van der Waals surface area contributed by atoms with Gasteiger partial charge in [0.15, 0.2) is 44.0 Å². The zero-order valence-corrected chi connectivity index (χ0v) is 77.2. The zero-order chi connectivity index (χ0) is 98.3. The van der Waals surface area contributed by atoms with Crippen LogP contribution in [0.5, 0.6) is 0 Å². The molecule has 21 aliphatic heterocycles. The first-order valence-electron chi connectivity index (χ1n) is 42.7. The predicted octanol–water partition coefficient (Wildman–Crippen LogP) is -14.3. The molecule has 21 N–H and O–H groups in total. The van der Waals surface area contributed by atoms with Crippen LogP contribution < -0.4 is 0 Å². The first kappa shape index (κ1) is 116. The molecule has 133 heavy (non-hydrogen) atoms. The fourth-order valence-corrected chi connectivity index (χ4v) is 21.8. The Morgan fingerprint density at radius 1 is 0.158 bits per heavy atom. The Morgan fingerprint density at radius 2 is 0.263 bits per heavy atom. The highest BCUT2D eigenvalue weighted by atomic mass is 32.2. The molecule has 35 atom stereocenters. The third kappa shape index (κ3) is 34.1. The number of aliphatic hydroxyl groups excluding tert-OH is 21. The summed E-state index contributed by atoms with van der Waals surface area (Å²) in [5, 5.41) is 238. The average Bonchev–Trinajstić information content (AvgIpc) is 0.823. The van der Waals surface area contributed by atoms with E-state index in [0.717, 1.165) is 0 Å². The van der Waals surface area contributed by atoms with Gasteiger partial charge in [-0.3, -0.25) is 29.3 Å². The van der Waals surface area contributed by atoms with Crippen LogP contribution in [0.4, 0.5) is 0 Å². The summed E-state index contributed by atoms with van der Waals surface area (Å²) in [5.74, 6) is -6.03. The second kappa shape index (κ2) is 53.5. The van der Waals surface area contributed by atoms with Gasteiger partial charge in [-0.05, 0) is 89.9 Å². The SMILES string of the molecule is O=S(=O)(CCCCO)OC[C@@H]1O[C@@H]2O[C@H]3[C@H](O)[C@@H](O)[C@@H](O[C@H]4[C@@H](O)[C@@H](O)[C@@H](O[C@H]5[C@@H](O)[C@@H](O)[C@@H](O[C@H]6[C@@H](O)[C@H](O)[C@@H](O[C@H]7[C@H](O)[C@@H](O)[C@@H](O[C@H]8[C@H](O)[C@@H](O)[C@@H](O[C@H]1[C@H](O)[C@H]2O)O[C@H]8COS(=O)(=O)CCCCO)O[C@@H]7COS(=O)(=O)CCCCO)O[C@@H]6COS(=O)(=O)CCCCO)O[C@@H]5COS(=O)(=O)CCCCO)O[C@@H]4COS(=O)(=O)CCCCO)O[C@H]3COS(=O)(=O)CCCCO. The lowest BCUT2D eigenvalue weighted by Gasteiger charge is -2.50. The van der Waals surface area contributed by atoms with Gasteiger partial charge in [-0.25, -0.2) is 0 Å². The highest BCUT2D eigenvalue weighted by Gasteiger charge is 2.61. The minimum atomic E-state index is -4.81. The van der Waals surface area contributed by atoms with Crippen molar-refractivity contribution in [1.29, 1.82) is 0 Å². The first-order valence-corrected chi connectivity index (χ1v) is 53.7. The lowest BCUT2D eigenvalue weighted by Crippen LogP contribution is -2.68. The van der Waals surface area contributed by atoms with Crippen molar-refractivity contribution in [2.75, 3.05) is 133 Å². The topological polar surface area (TPSA) is 858 Å². The van der Waals surface area contributed by atoms with Crippen molar-refractivity contribution in [1.82, 2.24) is 0 Å². The Morgan fingerprint density at radius 3 is 0.361 bits per heavy atom. The number of hydrogen-bond acceptors (Lipinski definition) is 56. The van der Waals surface area contributed by atoms with Crippen LogP contribution in [-0.4, -0.2) is 514 Å². The van der Waals surface area contributed by atoms with Crippen LogP contribution in [0.25, 0.3) is 0 Å². The van der Waals surface area contributed by atoms with Gasteiger partial charge >= 0.3 is 0 Å². The Bertz CT molecular complexity index is 3520. The van der Waals surface area contributed by atoms with Gasteiger partial charge in [-0.2, -0.15) is 58.9 Å². The van der Waals surface area contributed by atoms with E-state index in [2.05, 4.69) is 0 Å². The van der Waals surface area contributed by atoms with E-state index in [1.807, 2.05) is 0 Å². The Hall–Kier alpha value is -2.03. The van der Waals surface area contributed by atoms with Gasteiger partial charge in [0.2, 0.25) is 0 Å². The summed E-state index contributed by atoms with van der Waals surface area (Å²) >= 11 is 0. The number of unbranched alkanes of at least 4 members (excludes halogenated alkanes) is 7. The maximum Gasteiger partial charge on any atom is 0.267 e. The van der Waals surface area contributed by atoms with Gasteiger partial charge in [-0.1, -0.05) is 0 Å². The molecule has 784 valence electrons. The van der Waals surface area contributed by atoms with Gasteiger partial charge in [0.05, 0.1) is 86.5 Å². The highest BCUT2D eigenvalue weighted by molar-refractivity contribution is 7.88. The molecule has 0 amide bonds. The molecular formula is C70H126O56S7. The number of hydrogen-bond donors (Lipinski definition) is 21. The average molecular weight is 2090 g/mol. The lowest BCUT2D eigenvalue weighted by atomic mass is 9.95. The molecule has 21 rings (SSSR count). The number of rotatable bonds is 49. The molecule has 0 aromatic carbocycles. The van der Waals surface area contributed by atoms with Crippen LogP contribution in [-0.2, 0) is 166 Å². The second-order valence-corrected chi connectivity index (χ2v) is 44.5. The van der Waals surface area contributed by atoms with Crippen molar-refractivity contribution in [2.24, 2.45) is 0 Å². The van der Waals surface area contributed by atoms with Gasteiger partial charge < -0.3 is 174 Å². The second-order valence-electron chi connectivity index (χ2n) is 32.2. The maximum atomic E-state index is 13.5. The van der Waals surface area contributed by atoms with E-state index in [9.17, 15) is 166 Å². The molecule has 21 fully saturated rings. The van der Waals surface area contributed by atoms with E-state index in [-0.39, 0.29) is 89.9 Å². The van der Waals surface area contributed by atoms with Crippen LogP contribution in [0.15, 0.2) is 0 Å². The van der Waals surface area contributed by atoms with Gasteiger partial charge in [0.25, 0.3) is 70.8 Å². The van der Waals surface area contributed by atoms with Crippen molar-refractivity contribution in [3.05, 3.63) is 0 Å². The molecule has 21 saturated heterocycles. The minimum Gasteiger partial charge on any atom is -0.396 e. The standard InChI is InChI=1S/C70H126O56S7/c71-15-1-8-22-127(92,93)106-29-36-57-43(78)50(85)64(113-36)121-58-37(30-107-128(94,95)23-9-2-16-72)115-66(52(87)45(58)80)123-60-39(32-109-130(98,99)25-11-4-18-74)117-68(54(89)47(60)82)125-62-41(34-111-132(102,103)27-13-6-20-76)119-70(56(91)49(62)84)126-63-42(35-112-133(104,105)28-14-7-21-77)118-69(55(90)48(63)83)124-61-40(33-110-131(100,101)26-12-5-19-75)116-67(53(88)46(61)81)122-59-38(114-65(120-57)51(86)44(59)79)31-108-129(96,97)24-10-3-17-73/h36-91H,1-35H2/t36-,37-,38-,39-,40+,41+,42+,43+,44+,45+,46-,47-,48-,49-,50-,51-,52+,53-,54-,55-,56-,57-,58-,59-,60-,61-,62-,63-,64-,65-,66-,67-,68-,69-,70-/m1/s1. The van der Waals surface area contributed by atoms with E-state index >= 15 is 0 Å². The normalized spacial score (nSPS) is 37.9. The van der Waals surface area contributed by atoms with Crippen LogP contribution in [0.3, 0.4) is 0 Å². The van der Waals surface area contributed by atoms with Crippen LogP contribution in [0, 0.1) is 0 Å². The lowest BCUT2D eigenvalue weighted by molar-refractivity contribution is -0.395. The third-order valence-corrected chi connectivity index (χ3v) is 31.0. The molecular weight excluding hydrogens is 1960 g/mol. The van der Waals surface area contributed by atoms with Crippen LogP contribution in [0.2, 0.25) is 0 Å². The van der Waals surface area contributed by atoms with Crippen molar-refractivity contribution >= 4 is 70.8 Å². The maximum absolute atomic E-state index is 13.5. The zero-order valence-electron chi connectivity index (χ0n) is 71.5. The molecule has 0 saturated carbocycles. The molecule has 21 aliphatic rings. The quantitative estimate of drug-likeness (QED) is 0.0199.